The van der Waals surface area contributed by atoms with Crippen LogP contribution in [-0.4, -0.2) is 29.4 Å². The Morgan fingerprint density at radius 1 is 1.12 bits per heavy atom. The lowest BCUT2D eigenvalue weighted by Crippen LogP contribution is -2.26. The number of benzene rings is 2. The number of hydrogen-bond donors (Lipinski definition) is 2. The van der Waals surface area contributed by atoms with E-state index in [1.54, 1.807) is 6.08 Å². The molecule has 1 aliphatic rings. The number of aromatic nitrogens is 2. The number of nitrogens with zero attached hydrogens (tertiary/aromatic N) is 1. The Morgan fingerprint density at radius 2 is 1.75 bits per heavy atom. The van der Waals surface area contributed by atoms with Gasteiger partial charge in [0.1, 0.15) is 6.61 Å². The van der Waals surface area contributed by atoms with E-state index in [2.05, 4.69) is 27.6 Å². The molecule has 5 nitrogen and oxygen atoms in total. The van der Waals surface area contributed by atoms with Crippen molar-refractivity contribution >= 4 is 12.2 Å². The highest BCUT2D eigenvalue weighted by Crippen LogP contribution is 2.44. The van der Waals surface area contributed by atoms with Crippen molar-refractivity contribution in [1.29, 1.82) is 0 Å². The highest BCUT2D eigenvalue weighted by atomic mass is 19.4. The molecule has 0 radical (unpaired) electrons. The zero-order valence-electron chi connectivity index (χ0n) is 17.4. The van der Waals surface area contributed by atoms with Gasteiger partial charge in [0, 0.05) is 23.7 Å². The quantitative estimate of drug-likeness (QED) is 0.484. The number of aryl methyl sites for hydroxylation is 1. The molecule has 32 heavy (non-hydrogen) atoms. The first-order chi connectivity index (χ1) is 15.4. The van der Waals surface area contributed by atoms with E-state index in [-0.39, 0.29) is 24.6 Å². The molecule has 0 saturated carbocycles. The van der Waals surface area contributed by atoms with Crippen LogP contribution in [0.3, 0.4) is 0 Å². The van der Waals surface area contributed by atoms with Crippen molar-refractivity contribution in [3.8, 4) is 11.1 Å². The number of hydrogen-bond acceptors (Lipinski definition) is 3. The van der Waals surface area contributed by atoms with E-state index in [1.807, 2.05) is 36.4 Å². The van der Waals surface area contributed by atoms with Gasteiger partial charge in [0.25, 0.3) is 0 Å². The molecule has 0 unspecified atom stereocenters. The lowest BCUT2D eigenvalue weighted by atomic mass is 9.98. The number of ether oxygens (including phenoxy) is 1. The summed E-state index contributed by atoms with van der Waals surface area (Å²) in [7, 11) is 0. The third-order valence-electron chi connectivity index (χ3n) is 5.47. The van der Waals surface area contributed by atoms with Crippen molar-refractivity contribution in [3.63, 3.8) is 0 Å². The molecule has 0 saturated heterocycles. The maximum absolute atomic E-state index is 13.0. The molecule has 1 aromatic heterocycles. The Hall–Kier alpha value is -3.55. The van der Waals surface area contributed by atoms with Crippen LogP contribution in [0.2, 0.25) is 0 Å². The van der Waals surface area contributed by atoms with E-state index in [0.717, 1.165) is 22.3 Å². The molecule has 1 aliphatic carbocycles. The Morgan fingerprint density at radius 3 is 2.38 bits per heavy atom. The van der Waals surface area contributed by atoms with Crippen LogP contribution in [0.1, 0.15) is 40.4 Å². The number of fused-ring (bicyclic) bond motifs is 3. The molecule has 1 amide bonds. The van der Waals surface area contributed by atoms with Crippen molar-refractivity contribution in [3.05, 3.63) is 82.7 Å². The van der Waals surface area contributed by atoms with Crippen molar-refractivity contribution in [1.82, 2.24) is 15.5 Å². The van der Waals surface area contributed by atoms with Crippen molar-refractivity contribution in [2.45, 2.75) is 25.4 Å². The van der Waals surface area contributed by atoms with Gasteiger partial charge in [-0.15, -0.1) is 0 Å². The van der Waals surface area contributed by atoms with Gasteiger partial charge in [0.2, 0.25) is 0 Å². The van der Waals surface area contributed by atoms with Crippen LogP contribution in [0.5, 0.6) is 0 Å². The summed E-state index contributed by atoms with van der Waals surface area (Å²) in [6.07, 6.45) is -1.80. The number of nitrogens with one attached hydrogen (secondary N) is 2. The van der Waals surface area contributed by atoms with Crippen LogP contribution < -0.4 is 5.32 Å². The summed E-state index contributed by atoms with van der Waals surface area (Å²) >= 11 is 0. The predicted octanol–water partition coefficient (Wildman–Crippen LogP) is 5.68. The fraction of sp³-hybridized carbons (Fsp3) is 0.250. The summed E-state index contributed by atoms with van der Waals surface area (Å²) in [5, 5.41) is 8.30. The first-order valence-electron chi connectivity index (χ1n) is 10.2. The van der Waals surface area contributed by atoms with E-state index < -0.39 is 18.0 Å². The number of rotatable bonds is 6. The monoisotopic (exact) mass is 441 g/mol. The SMILES string of the molecule is Cc1[nH]nc(C(F)(F)F)c1C=CCCNC(=O)OCC1c2ccccc2-c2ccccc21. The third kappa shape index (κ3) is 4.39. The second kappa shape index (κ2) is 8.90. The molecule has 2 aromatic carbocycles. The van der Waals surface area contributed by atoms with Gasteiger partial charge in [0.05, 0.1) is 0 Å². The molecule has 0 fully saturated rings. The molecule has 166 valence electrons. The molecule has 0 spiro atoms. The third-order valence-corrected chi connectivity index (χ3v) is 5.47. The summed E-state index contributed by atoms with van der Waals surface area (Å²) < 4.78 is 44.3. The van der Waals surface area contributed by atoms with Crippen LogP contribution >= 0.6 is 0 Å². The Balaban J connectivity index is 1.29. The molecule has 0 bridgehead atoms. The number of carbonyl (C=O) groups is 1. The van der Waals surface area contributed by atoms with E-state index in [9.17, 15) is 18.0 Å². The molecular formula is C24H22F3N3O2. The number of alkyl halides is 3. The summed E-state index contributed by atoms with van der Waals surface area (Å²) in [5.74, 6) is -0.0297. The summed E-state index contributed by atoms with van der Waals surface area (Å²) in [4.78, 5) is 12.1. The number of alkyl carbamates (subject to hydrolysis) is 1. The average molecular weight is 441 g/mol. The largest absolute Gasteiger partial charge is 0.449 e. The van der Waals surface area contributed by atoms with E-state index in [0.29, 0.717) is 12.1 Å². The van der Waals surface area contributed by atoms with Gasteiger partial charge in [-0.1, -0.05) is 60.7 Å². The fourth-order valence-corrected chi connectivity index (χ4v) is 3.97. The van der Waals surface area contributed by atoms with Gasteiger partial charge in [-0.2, -0.15) is 18.3 Å². The number of amides is 1. The minimum atomic E-state index is -4.52. The molecule has 4 rings (SSSR count). The van der Waals surface area contributed by atoms with Gasteiger partial charge in [-0.25, -0.2) is 4.79 Å². The maximum atomic E-state index is 13.0. The fourth-order valence-electron chi connectivity index (χ4n) is 3.97. The second-order valence-corrected chi connectivity index (χ2v) is 7.55. The van der Waals surface area contributed by atoms with Gasteiger partial charge in [-0.3, -0.25) is 5.10 Å². The van der Waals surface area contributed by atoms with Crippen LogP contribution in [0.4, 0.5) is 18.0 Å². The highest BCUT2D eigenvalue weighted by molar-refractivity contribution is 5.79. The minimum absolute atomic E-state index is 0.00126. The Bertz CT molecular complexity index is 1110. The van der Waals surface area contributed by atoms with Gasteiger partial charge in [-0.05, 0) is 35.6 Å². The zero-order chi connectivity index (χ0) is 22.7. The van der Waals surface area contributed by atoms with Crippen LogP contribution in [0.25, 0.3) is 17.2 Å². The van der Waals surface area contributed by atoms with Crippen molar-refractivity contribution in [2.75, 3.05) is 13.2 Å². The Labute approximate surface area is 183 Å². The number of H-pyrrole nitrogens is 1. The highest BCUT2D eigenvalue weighted by Gasteiger charge is 2.36. The van der Waals surface area contributed by atoms with Crippen LogP contribution in [-0.2, 0) is 10.9 Å². The lowest BCUT2D eigenvalue weighted by Gasteiger charge is -2.14. The second-order valence-electron chi connectivity index (χ2n) is 7.55. The topological polar surface area (TPSA) is 67.0 Å². The number of halogens is 3. The summed E-state index contributed by atoms with van der Waals surface area (Å²) in [6.45, 7) is 1.97. The Kier molecular flexibility index (Phi) is 6.03. The normalized spacial score (nSPS) is 13.2. The lowest BCUT2D eigenvalue weighted by molar-refractivity contribution is -0.141. The minimum Gasteiger partial charge on any atom is -0.449 e. The van der Waals surface area contributed by atoms with Gasteiger partial charge < -0.3 is 10.1 Å². The van der Waals surface area contributed by atoms with Crippen molar-refractivity contribution < 1.29 is 22.7 Å². The smallest absolute Gasteiger partial charge is 0.435 e. The van der Waals surface area contributed by atoms with Crippen LogP contribution in [0.15, 0.2) is 54.6 Å². The first kappa shape index (κ1) is 21.7. The van der Waals surface area contributed by atoms with Gasteiger partial charge in [0.15, 0.2) is 5.69 Å². The molecule has 8 heteroatoms. The average Bonchev–Trinajstić information content (AvgIpc) is 3.30. The zero-order valence-corrected chi connectivity index (χ0v) is 17.4. The van der Waals surface area contributed by atoms with E-state index in [4.69, 9.17) is 4.74 Å². The molecular weight excluding hydrogens is 419 g/mol. The van der Waals surface area contributed by atoms with E-state index in [1.165, 1.54) is 13.0 Å². The maximum Gasteiger partial charge on any atom is 0.435 e. The summed E-state index contributed by atoms with van der Waals surface area (Å²) in [5.41, 5.74) is 3.93. The molecule has 2 N–H and O–H groups in total. The number of carbonyl (C=O) groups excluding carboxylic acids is 1. The molecule has 1 heterocycles. The first-order valence-corrected chi connectivity index (χ1v) is 10.2. The summed E-state index contributed by atoms with van der Waals surface area (Å²) in [6, 6.07) is 16.1. The standard InChI is InChI=1S/C24H22F3N3O2/c1-15-16(22(30-29-15)24(25,26)27)8-6-7-13-28-23(31)32-14-21-19-11-4-2-9-17(19)18-10-3-5-12-20(18)21/h2-6,8-12,21H,7,13-14H2,1H3,(H,28,31)(H,29,30). The van der Waals surface area contributed by atoms with Crippen molar-refractivity contribution in [2.24, 2.45) is 0 Å². The molecule has 3 aromatic rings. The van der Waals surface area contributed by atoms with Gasteiger partial charge >= 0.3 is 12.3 Å². The number of aromatic amines is 1. The van der Waals surface area contributed by atoms with Crippen LogP contribution in [0, 0.1) is 6.92 Å². The molecule has 0 atom stereocenters. The predicted molar refractivity (Wildman–Crippen MR) is 115 cm³/mol. The van der Waals surface area contributed by atoms with E-state index >= 15 is 0 Å². The molecule has 0 aliphatic heterocycles.